The van der Waals surface area contributed by atoms with Gasteiger partial charge in [0.15, 0.2) is 0 Å². The first-order valence-electron chi connectivity index (χ1n) is 5.04. The lowest BCUT2D eigenvalue weighted by molar-refractivity contribution is 0.806. The fraction of sp³-hybridized carbons (Fsp3) is 0.727. The summed E-state index contributed by atoms with van der Waals surface area (Å²) < 4.78 is 0. The topological polar surface area (TPSA) is 0 Å². The number of hydrogen-bond acceptors (Lipinski definition) is 1. The molecule has 0 fully saturated rings. The molecule has 0 aromatic carbocycles. The number of unbranched alkanes of at least 4 members (excludes halogenated alkanes) is 4. The minimum Gasteiger partial charge on any atom is -0.130 e. The van der Waals surface area contributed by atoms with Gasteiger partial charge in [-0.25, -0.2) is 0 Å². The molecule has 0 spiro atoms. The van der Waals surface area contributed by atoms with Gasteiger partial charge in [-0.1, -0.05) is 45.6 Å². The van der Waals surface area contributed by atoms with Crippen molar-refractivity contribution < 1.29 is 0 Å². The Balaban J connectivity index is 2.92. The summed E-state index contributed by atoms with van der Waals surface area (Å²) in [4.78, 5) is 0. The van der Waals surface area contributed by atoms with Gasteiger partial charge in [0.25, 0.3) is 0 Å². The largest absolute Gasteiger partial charge is 0.130 e. The zero-order valence-corrected chi connectivity index (χ0v) is 9.20. The van der Waals surface area contributed by atoms with Crippen LogP contribution in [0.1, 0.15) is 52.4 Å². The van der Waals surface area contributed by atoms with E-state index in [0.717, 1.165) is 0 Å². The summed E-state index contributed by atoms with van der Waals surface area (Å²) in [6.45, 7) is 4.46. The Hall–Kier alpha value is 0.0900. The molecular weight excluding hydrogens is 164 g/mol. The van der Waals surface area contributed by atoms with Crippen LogP contribution in [0.15, 0.2) is 11.5 Å². The summed E-state index contributed by atoms with van der Waals surface area (Å²) in [5.74, 6) is 2.30. The van der Waals surface area contributed by atoms with Crippen LogP contribution in [-0.2, 0) is 0 Å². The molecular formula is C11H21S. The van der Waals surface area contributed by atoms with Crippen molar-refractivity contribution in [3.8, 4) is 0 Å². The van der Waals surface area contributed by atoms with E-state index in [1.54, 1.807) is 0 Å². The highest BCUT2D eigenvalue weighted by atomic mass is 32.2. The Morgan fingerprint density at radius 3 is 2.33 bits per heavy atom. The van der Waals surface area contributed by atoms with Gasteiger partial charge < -0.3 is 0 Å². The molecule has 1 radical (unpaired) electrons. The predicted molar refractivity (Wildman–Crippen MR) is 60.1 cm³/mol. The molecule has 0 aliphatic heterocycles. The molecule has 0 N–H and O–H groups in total. The summed E-state index contributed by atoms with van der Waals surface area (Å²) >= 11 is 1.84. The van der Waals surface area contributed by atoms with E-state index in [4.69, 9.17) is 0 Å². The number of allylic oxidation sites excluding steroid dienone is 1. The number of thioether (sulfide) groups is 1. The SMILES string of the molecule is CCCC[CH]S/C=C/CCCC. The molecule has 0 amide bonds. The maximum atomic E-state index is 2.30. The lowest BCUT2D eigenvalue weighted by Gasteiger charge is -1.93. The highest BCUT2D eigenvalue weighted by Gasteiger charge is 1.84. The van der Waals surface area contributed by atoms with Crippen molar-refractivity contribution in [3.05, 3.63) is 17.2 Å². The van der Waals surface area contributed by atoms with Crippen LogP contribution < -0.4 is 0 Å². The lowest BCUT2D eigenvalue weighted by atomic mass is 10.2. The van der Waals surface area contributed by atoms with Gasteiger partial charge >= 0.3 is 0 Å². The van der Waals surface area contributed by atoms with Crippen LogP contribution in [0, 0.1) is 5.75 Å². The first kappa shape index (κ1) is 12.1. The van der Waals surface area contributed by atoms with Crippen LogP contribution in [0.3, 0.4) is 0 Å². The summed E-state index contributed by atoms with van der Waals surface area (Å²) in [7, 11) is 0. The van der Waals surface area contributed by atoms with Crippen LogP contribution >= 0.6 is 11.8 Å². The van der Waals surface area contributed by atoms with Gasteiger partial charge in [0, 0.05) is 5.75 Å². The van der Waals surface area contributed by atoms with Gasteiger partial charge in [0.05, 0.1) is 0 Å². The Kier molecular flexibility index (Phi) is 11.2. The molecule has 0 rings (SSSR count). The fourth-order valence-electron chi connectivity index (χ4n) is 0.857. The van der Waals surface area contributed by atoms with Gasteiger partial charge in [-0.2, -0.15) is 0 Å². The molecule has 0 nitrogen and oxygen atoms in total. The minimum atomic E-state index is 1.24. The average Bonchev–Trinajstić information content (AvgIpc) is 2.10. The standard InChI is InChI=1S/C11H21S/c1-3-5-7-9-11-12-10-8-6-4-2/h9-11H,3-8H2,1-2H3/b11-9+. The van der Waals surface area contributed by atoms with E-state index in [9.17, 15) is 0 Å². The van der Waals surface area contributed by atoms with E-state index in [-0.39, 0.29) is 0 Å². The van der Waals surface area contributed by atoms with E-state index < -0.39 is 0 Å². The molecule has 0 unspecified atom stereocenters. The van der Waals surface area contributed by atoms with E-state index in [1.165, 1.54) is 38.5 Å². The van der Waals surface area contributed by atoms with Crippen LogP contribution in [0.2, 0.25) is 0 Å². The predicted octanol–water partition coefficient (Wildman–Crippen LogP) is 4.78. The maximum absolute atomic E-state index is 2.30. The van der Waals surface area contributed by atoms with Crippen molar-refractivity contribution in [1.82, 2.24) is 0 Å². The summed E-state index contributed by atoms with van der Waals surface area (Å²) in [6.07, 6.45) is 10.0. The molecule has 0 aromatic heterocycles. The maximum Gasteiger partial charge on any atom is 0.0211 e. The monoisotopic (exact) mass is 185 g/mol. The van der Waals surface area contributed by atoms with Crippen molar-refractivity contribution in [3.63, 3.8) is 0 Å². The first-order chi connectivity index (χ1) is 5.91. The normalized spacial score (nSPS) is 11.2. The highest BCUT2D eigenvalue weighted by molar-refractivity contribution is 8.04. The van der Waals surface area contributed by atoms with Crippen molar-refractivity contribution in [1.29, 1.82) is 0 Å². The second-order valence-corrected chi connectivity index (χ2v) is 3.84. The first-order valence-corrected chi connectivity index (χ1v) is 5.98. The second kappa shape index (κ2) is 11.1. The van der Waals surface area contributed by atoms with Crippen molar-refractivity contribution in [2.24, 2.45) is 0 Å². The Morgan fingerprint density at radius 2 is 1.67 bits per heavy atom. The summed E-state index contributed by atoms with van der Waals surface area (Å²) in [5.41, 5.74) is 0. The quantitative estimate of drug-likeness (QED) is 0.491. The molecule has 0 heterocycles. The summed E-state index contributed by atoms with van der Waals surface area (Å²) in [6, 6.07) is 0. The van der Waals surface area contributed by atoms with Crippen molar-refractivity contribution >= 4 is 11.8 Å². The van der Waals surface area contributed by atoms with Gasteiger partial charge in [0.2, 0.25) is 0 Å². The van der Waals surface area contributed by atoms with Crippen LogP contribution in [0.5, 0.6) is 0 Å². The third kappa shape index (κ3) is 10.1. The van der Waals surface area contributed by atoms with E-state index in [1.807, 2.05) is 11.8 Å². The minimum absolute atomic E-state index is 1.24. The fourth-order valence-corrected chi connectivity index (χ4v) is 1.52. The zero-order valence-electron chi connectivity index (χ0n) is 8.38. The number of rotatable bonds is 8. The third-order valence-corrected chi connectivity index (χ3v) is 2.45. The molecule has 0 aliphatic carbocycles. The molecule has 0 aromatic rings. The molecule has 71 valence electrons. The summed E-state index contributed by atoms with van der Waals surface area (Å²) in [5, 5.41) is 2.21. The molecule has 0 saturated heterocycles. The zero-order chi connectivity index (χ0) is 9.07. The molecule has 1 heteroatoms. The Labute approximate surface area is 81.8 Å². The van der Waals surface area contributed by atoms with E-state index in [0.29, 0.717) is 0 Å². The van der Waals surface area contributed by atoms with Gasteiger partial charge in [-0.05, 0) is 18.2 Å². The Morgan fingerprint density at radius 1 is 1.00 bits per heavy atom. The van der Waals surface area contributed by atoms with E-state index >= 15 is 0 Å². The second-order valence-electron chi connectivity index (χ2n) is 2.96. The third-order valence-electron chi connectivity index (χ3n) is 1.67. The van der Waals surface area contributed by atoms with Crippen molar-refractivity contribution in [2.75, 3.05) is 0 Å². The molecule has 0 aliphatic rings. The lowest BCUT2D eigenvalue weighted by Crippen LogP contribution is -1.69. The average molecular weight is 185 g/mol. The van der Waals surface area contributed by atoms with Crippen LogP contribution in [0.4, 0.5) is 0 Å². The van der Waals surface area contributed by atoms with Gasteiger partial charge in [-0.3, -0.25) is 0 Å². The van der Waals surface area contributed by atoms with Gasteiger partial charge in [-0.15, -0.1) is 11.8 Å². The highest BCUT2D eigenvalue weighted by Crippen LogP contribution is 2.13. The number of hydrogen-bond donors (Lipinski definition) is 0. The molecule has 12 heavy (non-hydrogen) atoms. The molecule has 0 saturated carbocycles. The van der Waals surface area contributed by atoms with Gasteiger partial charge in [0.1, 0.15) is 0 Å². The van der Waals surface area contributed by atoms with Crippen LogP contribution in [0.25, 0.3) is 0 Å². The van der Waals surface area contributed by atoms with Crippen LogP contribution in [-0.4, -0.2) is 0 Å². The molecule has 0 bridgehead atoms. The van der Waals surface area contributed by atoms with Crippen molar-refractivity contribution in [2.45, 2.75) is 52.4 Å². The Bertz CT molecular complexity index is 97.2. The van der Waals surface area contributed by atoms with E-state index in [2.05, 4.69) is 31.1 Å². The molecule has 0 atom stereocenters. The smallest absolute Gasteiger partial charge is 0.0211 e.